The summed E-state index contributed by atoms with van der Waals surface area (Å²) in [5.41, 5.74) is -0.0980. The Morgan fingerprint density at radius 1 is 1.28 bits per heavy atom. The monoisotopic (exact) mass is 283 g/mol. The van der Waals surface area contributed by atoms with Crippen LogP contribution in [0.25, 0.3) is 0 Å². The molecule has 0 radical (unpaired) electrons. The lowest BCUT2D eigenvalue weighted by molar-refractivity contribution is 0.0731. The summed E-state index contributed by atoms with van der Waals surface area (Å²) >= 11 is 11.5. The van der Waals surface area contributed by atoms with Gasteiger partial charge in [0.1, 0.15) is 11.3 Å². The highest BCUT2D eigenvalue weighted by molar-refractivity contribution is 6.34. The van der Waals surface area contributed by atoms with Gasteiger partial charge in [0.15, 0.2) is 5.75 Å². The van der Waals surface area contributed by atoms with Crippen LogP contribution in [0.1, 0.15) is 10.4 Å². The fraction of sp³-hybridized carbons (Fsp3) is 0. The van der Waals surface area contributed by atoms with E-state index in [1.54, 1.807) is 0 Å². The SMILES string of the molecule is O=C(Oc1cncc(Cl)c1)c1c(O)cccc1Cl. The van der Waals surface area contributed by atoms with Crippen LogP contribution >= 0.6 is 23.2 Å². The summed E-state index contributed by atoms with van der Waals surface area (Å²) in [6.07, 6.45) is 2.74. The number of hydrogen-bond donors (Lipinski definition) is 1. The van der Waals surface area contributed by atoms with Gasteiger partial charge in [0.2, 0.25) is 0 Å². The minimum Gasteiger partial charge on any atom is -0.507 e. The third-order valence-corrected chi connectivity index (χ3v) is 2.61. The molecular weight excluding hydrogens is 277 g/mol. The topological polar surface area (TPSA) is 59.4 Å². The summed E-state index contributed by atoms with van der Waals surface area (Å²) in [6, 6.07) is 5.78. The predicted octanol–water partition coefficient (Wildman–Crippen LogP) is 3.31. The van der Waals surface area contributed by atoms with Gasteiger partial charge < -0.3 is 9.84 Å². The Bertz CT molecular complexity index is 581. The number of nitrogens with zero attached hydrogens (tertiary/aromatic N) is 1. The number of phenols is 1. The van der Waals surface area contributed by atoms with E-state index >= 15 is 0 Å². The molecule has 1 aromatic carbocycles. The smallest absolute Gasteiger partial charge is 0.348 e. The van der Waals surface area contributed by atoms with E-state index in [4.69, 9.17) is 27.9 Å². The third kappa shape index (κ3) is 2.72. The maximum Gasteiger partial charge on any atom is 0.348 e. The Kier molecular flexibility index (Phi) is 3.69. The molecule has 0 amide bonds. The maximum absolute atomic E-state index is 11.8. The van der Waals surface area contributed by atoms with Crippen LogP contribution in [0.15, 0.2) is 36.7 Å². The zero-order valence-corrected chi connectivity index (χ0v) is 10.4. The Labute approximate surface area is 113 Å². The number of phenolic OH excluding ortho intramolecular Hbond substituents is 1. The van der Waals surface area contributed by atoms with Crippen LogP contribution in [0.2, 0.25) is 10.0 Å². The molecule has 0 unspecified atom stereocenters. The molecule has 0 fully saturated rings. The standard InChI is InChI=1S/C12H7Cl2NO3/c13-7-4-8(6-15-5-7)18-12(17)11-9(14)2-1-3-10(11)16/h1-6,16H. The minimum atomic E-state index is -0.776. The molecule has 0 bridgehead atoms. The number of halogens is 2. The number of benzene rings is 1. The van der Waals surface area contributed by atoms with Crippen molar-refractivity contribution in [3.63, 3.8) is 0 Å². The number of aromatic nitrogens is 1. The van der Waals surface area contributed by atoms with Crippen LogP contribution in [-0.2, 0) is 0 Å². The summed E-state index contributed by atoms with van der Waals surface area (Å²) in [4.78, 5) is 15.6. The van der Waals surface area contributed by atoms with Gasteiger partial charge >= 0.3 is 5.97 Å². The molecule has 0 atom stereocenters. The first-order chi connectivity index (χ1) is 8.58. The lowest BCUT2D eigenvalue weighted by Gasteiger charge is -2.07. The molecule has 18 heavy (non-hydrogen) atoms. The second-order valence-corrected chi connectivity index (χ2v) is 4.21. The molecular formula is C12H7Cl2NO3. The molecule has 92 valence electrons. The number of carbonyl (C=O) groups is 1. The van der Waals surface area contributed by atoms with E-state index in [1.165, 1.54) is 36.7 Å². The molecule has 0 aliphatic heterocycles. The van der Waals surface area contributed by atoms with Crippen molar-refractivity contribution in [2.45, 2.75) is 0 Å². The van der Waals surface area contributed by atoms with Crippen LogP contribution in [0, 0.1) is 0 Å². The molecule has 6 heteroatoms. The van der Waals surface area contributed by atoms with Crippen LogP contribution < -0.4 is 4.74 Å². The Balaban J connectivity index is 2.28. The average Bonchev–Trinajstić information content (AvgIpc) is 2.28. The van der Waals surface area contributed by atoms with Gasteiger partial charge in [-0.05, 0) is 12.1 Å². The second-order valence-electron chi connectivity index (χ2n) is 3.36. The number of carbonyl (C=O) groups excluding carboxylic acids is 1. The van der Waals surface area contributed by atoms with Crippen LogP contribution in [0.3, 0.4) is 0 Å². The zero-order valence-electron chi connectivity index (χ0n) is 8.93. The fourth-order valence-corrected chi connectivity index (χ4v) is 1.73. The number of aromatic hydroxyl groups is 1. The quantitative estimate of drug-likeness (QED) is 0.859. The van der Waals surface area contributed by atoms with Gasteiger partial charge in [-0.25, -0.2) is 4.79 Å². The second kappa shape index (κ2) is 5.25. The van der Waals surface area contributed by atoms with Crippen molar-refractivity contribution >= 4 is 29.2 Å². The van der Waals surface area contributed by atoms with E-state index in [9.17, 15) is 9.90 Å². The molecule has 1 N–H and O–H groups in total. The summed E-state index contributed by atoms with van der Waals surface area (Å²) in [7, 11) is 0. The molecule has 1 aromatic heterocycles. The van der Waals surface area contributed by atoms with Crippen LogP contribution in [0.4, 0.5) is 0 Å². The first-order valence-electron chi connectivity index (χ1n) is 4.88. The molecule has 2 aromatic rings. The van der Waals surface area contributed by atoms with Crippen LogP contribution in [0.5, 0.6) is 11.5 Å². The number of hydrogen-bond acceptors (Lipinski definition) is 4. The number of rotatable bonds is 2. The highest BCUT2D eigenvalue weighted by Gasteiger charge is 2.17. The molecule has 4 nitrogen and oxygen atoms in total. The van der Waals surface area contributed by atoms with Gasteiger partial charge in [0.25, 0.3) is 0 Å². The highest BCUT2D eigenvalue weighted by Crippen LogP contribution is 2.27. The molecule has 0 aliphatic rings. The number of esters is 1. The van der Waals surface area contributed by atoms with Crippen molar-refractivity contribution in [1.29, 1.82) is 0 Å². The molecule has 0 saturated heterocycles. The van der Waals surface area contributed by atoms with Gasteiger partial charge in [-0.15, -0.1) is 0 Å². The summed E-state index contributed by atoms with van der Waals surface area (Å²) in [6.45, 7) is 0. The third-order valence-electron chi connectivity index (χ3n) is 2.09. The van der Waals surface area contributed by atoms with Crippen molar-refractivity contribution in [3.8, 4) is 11.5 Å². The van der Waals surface area contributed by atoms with Crippen molar-refractivity contribution in [2.75, 3.05) is 0 Å². The Morgan fingerprint density at radius 3 is 2.72 bits per heavy atom. The van der Waals surface area contributed by atoms with Gasteiger partial charge in [0, 0.05) is 12.3 Å². The lowest BCUT2D eigenvalue weighted by Crippen LogP contribution is -2.09. The van der Waals surface area contributed by atoms with E-state index in [1.807, 2.05) is 0 Å². The summed E-state index contributed by atoms with van der Waals surface area (Å²) in [5.74, 6) is -0.850. The number of pyridine rings is 1. The van der Waals surface area contributed by atoms with Crippen molar-refractivity contribution in [1.82, 2.24) is 4.98 Å². The number of ether oxygens (including phenoxy) is 1. The highest BCUT2D eigenvalue weighted by atomic mass is 35.5. The van der Waals surface area contributed by atoms with E-state index in [2.05, 4.69) is 4.98 Å². The first kappa shape index (κ1) is 12.7. The van der Waals surface area contributed by atoms with E-state index in [-0.39, 0.29) is 22.1 Å². The normalized spacial score (nSPS) is 10.1. The van der Waals surface area contributed by atoms with Gasteiger partial charge in [0.05, 0.1) is 16.2 Å². The van der Waals surface area contributed by atoms with Crippen molar-refractivity contribution < 1.29 is 14.6 Å². The largest absolute Gasteiger partial charge is 0.507 e. The minimum absolute atomic E-state index is 0.0980. The Morgan fingerprint density at radius 2 is 2.06 bits per heavy atom. The summed E-state index contributed by atoms with van der Waals surface area (Å²) < 4.78 is 5.01. The average molecular weight is 284 g/mol. The summed E-state index contributed by atoms with van der Waals surface area (Å²) in [5, 5.41) is 10.0. The van der Waals surface area contributed by atoms with Gasteiger partial charge in [-0.2, -0.15) is 0 Å². The van der Waals surface area contributed by atoms with Gasteiger partial charge in [-0.3, -0.25) is 4.98 Å². The molecule has 1 heterocycles. The predicted molar refractivity (Wildman–Crippen MR) is 67.3 cm³/mol. The van der Waals surface area contributed by atoms with E-state index < -0.39 is 5.97 Å². The van der Waals surface area contributed by atoms with E-state index in [0.29, 0.717) is 5.02 Å². The fourth-order valence-electron chi connectivity index (χ4n) is 1.32. The van der Waals surface area contributed by atoms with Crippen molar-refractivity contribution in [2.24, 2.45) is 0 Å². The molecule has 0 aliphatic carbocycles. The van der Waals surface area contributed by atoms with Crippen molar-refractivity contribution in [3.05, 3.63) is 52.3 Å². The van der Waals surface area contributed by atoms with Gasteiger partial charge in [-0.1, -0.05) is 29.3 Å². The molecule has 2 rings (SSSR count). The lowest BCUT2D eigenvalue weighted by atomic mass is 10.2. The maximum atomic E-state index is 11.8. The molecule has 0 saturated carbocycles. The molecule has 0 spiro atoms. The van der Waals surface area contributed by atoms with Crippen LogP contribution in [-0.4, -0.2) is 16.1 Å². The van der Waals surface area contributed by atoms with E-state index in [0.717, 1.165) is 0 Å². The Hall–Kier alpha value is -1.78. The first-order valence-corrected chi connectivity index (χ1v) is 5.63. The zero-order chi connectivity index (χ0) is 13.1.